The van der Waals surface area contributed by atoms with Crippen molar-refractivity contribution in [1.82, 2.24) is 15.5 Å². The fraction of sp³-hybridized carbons (Fsp3) is 0.300. The highest BCUT2D eigenvalue weighted by Crippen LogP contribution is 2.39. The Hall–Kier alpha value is -2.58. The number of hydrogen-bond donors (Lipinski definition) is 3. The Kier molecular flexibility index (Phi) is 5.23. The van der Waals surface area contributed by atoms with Gasteiger partial charge in [-0.25, -0.2) is 0 Å². The lowest BCUT2D eigenvalue weighted by Gasteiger charge is -2.21. The molecular formula is C20H18ClF3N4O. The van der Waals surface area contributed by atoms with Crippen LogP contribution in [0.3, 0.4) is 0 Å². The highest BCUT2D eigenvalue weighted by molar-refractivity contribution is 6.30. The molecule has 1 amide bonds. The van der Waals surface area contributed by atoms with Crippen LogP contribution in [0.15, 0.2) is 36.4 Å². The molecule has 1 aliphatic rings. The zero-order valence-corrected chi connectivity index (χ0v) is 16.0. The van der Waals surface area contributed by atoms with Gasteiger partial charge in [-0.15, -0.1) is 0 Å². The number of aromatic amines is 1. The maximum absolute atomic E-state index is 13.5. The Morgan fingerprint density at radius 2 is 2.03 bits per heavy atom. The van der Waals surface area contributed by atoms with E-state index in [1.165, 1.54) is 12.1 Å². The summed E-state index contributed by atoms with van der Waals surface area (Å²) < 4.78 is 40.5. The topological polar surface area (TPSA) is 69.8 Å². The summed E-state index contributed by atoms with van der Waals surface area (Å²) in [6.45, 7) is 1.49. The molecular weight excluding hydrogens is 405 g/mol. The molecule has 0 unspecified atom stereocenters. The lowest BCUT2D eigenvalue weighted by Crippen LogP contribution is -2.37. The van der Waals surface area contributed by atoms with E-state index in [4.69, 9.17) is 11.6 Å². The van der Waals surface area contributed by atoms with Crippen molar-refractivity contribution >= 4 is 34.2 Å². The maximum atomic E-state index is 13.5. The first-order valence-corrected chi connectivity index (χ1v) is 9.57. The van der Waals surface area contributed by atoms with Crippen molar-refractivity contribution in [2.45, 2.75) is 19.0 Å². The first-order valence-electron chi connectivity index (χ1n) is 9.20. The molecule has 1 aliphatic heterocycles. The van der Waals surface area contributed by atoms with Gasteiger partial charge in [0, 0.05) is 17.0 Å². The average Bonchev–Trinajstić information content (AvgIpc) is 3.10. The van der Waals surface area contributed by atoms with Gasteiger partial charge in [0.2, 0.25) is 5.91 Å². The van der Waals surface area contributed by atoms with Gasteiger partial charge in [-0.1, -0.05) is 23.7 Å². The molecule has 1 fully saturated rings. The highest BCUT2D eigenvalue weighted by Gasteiger charge is 2.34. The lowest BCUT2D eigenvalue weighted by atomic mass is 9.97. The van der Waals surface area contributed by atoms with Crippen LogP contribution >= 0.6 is 11.6 Å². The molecule has 1 aromatic heterocycles. The number of carbonyl (C=O) groups is 1. The molecule has 1 saturated heterocycles. The van der Waals surface area contributed by atoms with Crippen LogP contribution < -0.4 is 10.6 Å². The second kappa shape index (κ2) is 7.68. The van der Waals surface area contributed by atoms with Crippen LogP contribution in [-0.2, 0) is 11.0 Å². The van der Waals surface area contributed by atoms with E-state index in [9.17, 15) is 18.0 Å². The molecule has 3 aromatic rings. The number of hydrogen-bond acceptors (Lipinski definition) is 3. The molecule has 0 radical (unpaired) electrons. The van der Waals surface area contributed by atoms with Gasteiger partial charge in [-0.05, 0) is 54.8 Å². The third-order valence-corrected chi connectivity index (χ3v) is 5.31. The van der Waals surface area contributed by atoms with E-state index in [-0.39, 0.29) is 22.4 Å². The largest absolute Gasteiger partial charge is 0.417 e. The summed E-state index contributed by atoms with van der Waals surface area (Å²) in [6.07, 6.45) is -2.84. The Balaban J connectivity index is 1.70. The number of rotatable bonds is 3. The van der Waals surface area contributed by atoms with Gasteiger partial charge in [-0.2, -0.15) is 18.3 Å². The van der Waals surface area contributed by atoms with Crippen LogP contribution in [0.2, 0.25) is 5.02 Å². The number of fused-ring (bicyclic) bond motifs is 1. The molecule has 0 spiro atoms. The smallest absolute Gasteiger partial charge is 0.316 e. The van der Waals surface area contributed by atoms with Gasteiger partial charge in [0.25, 0.3) is 0 Å². The fourth-order valence-corrected chi connectivity index (χ4v) is 3.75. The SMILES string of the molecule is O=C(Nc1n[nH]c2ccc(-c3ccc(Cl)cc3C(F)(F)F)cc12)[C@@H]1CCCNC1. The molecule has 0 aliphatic carbocycles. The van der Waals surface area contributed by atoms with E-state index in [0.29, 0.717) is 28.8 Å². The number of halogens is 4. The molecule has 29 heavy (non-hydrogen) atoms. The van der Waals surface area contributed by atoms with Crippen molar-refractivity contribution in [2.24, 2.45) is 5.92 Å². The van der Waals surface area contributed by atoms with Crippen LogP contribution in [-0.4, -0.2) is 29.2 Å². The number of carbonyl (C=O) groups excluding carboxylic acids is 1. The number of nitrogens with one attached hydrogen (secondary N) is 3. The molecule has 5 nitrogen and oxygen atoms in total. The second-order valence-corrected chi connectivity index (χ2v) is 7.49. The van der Waals surface area contributed by atoms with Gasteiger partial charge in [-0.3, -0.25) is 9.89 Å². The number of piperidine rings is 1. The first kappa shape index (κ1) is 19.7. The third-order valence-electron chi connectivity index (χ3n) is 5.07. The van der Waals surface area contributed by atoms with Gasteiger partial charge in [0.05, 0.1) is 17.0 Å². The highest BCUT2D eigenvalue weighted by atomic mass is 35.5. The number of anilines is 1. The minimum absolute atomic E-state index is 0.0127. The summed E-state index contributed by atoms with van der Waals surface area (Å²) in [5.41, 5.74) is 0.177. The van der Waals surface area contributed by atoms with E-state index < -0.39 is 11.7 Å². The molecule has 1 atom stereocenters. The van der Waals surface area contributed by atoms with E-state index in [2.05, 4.69) is 20.8 Å². The normalized spacial score (nSPS) is 17.4. The van der Waals surface area contributed by atoms with Crippen LogP contribution in [0, 0.1) is 5.92 Å². The molecule has 9 heteroatoms. The first-order chi connectivity index (χ1) is 13.8. The van der Waals surface area contributed by atoms with E-state index in [1.807, 2.05) is 0 Å². The van der Waals surface area contributed by atoms with Gasteiger partial charge < -0.3 is 10.6 Å². The number of benzene rings is 2. The third kappa shape index (κ3) is 4.09. The lowest BCUT2D eigenvalue weighted by molar-refractivity contribution is -0.137. The second-order valence-electron chi connectivity index (χ2n) is 7.05. The summed E-state index contributed by atoms with van der Waals surface area (Å²) in [7, 11) is 0. The van der Waals surface area contributed by atoms with Crippen molar-refractivity contribution in [3.63, 3.8) is 0 Å². The van der Waals surface area contributed by atoms with E-state index in [0.717, 1.165) is 25.5 Å². The summed E-state index contributed by atoms with van der Waals surface area (Å²) in [4.78, 5) is 12.5. The van der Waals surface area contributed by atoms with E-state index in [1.54, 1.807) is 18.2 Å². The number of aromatic nitrogens is 2. The zero-order valence-electron chi connectivity index (χ0n) is 15.2. The van der Waals surface area contributed by atoms with E-state index >= 15 is 0 Å². The fourth-order valence-electron chi connectivity index (χ4n) is 3.57. The van der Waals surface area contributed by atoms with Crippen molar-refractivity contribution < 1.29 is 18.0 Å². The number of H-pyrrole nitrogens is 1. The van der Waals surface area contributed by atoms with Crippen LogP contribution in [0.4, 0.5) is 19.0 Å². The standard InChI is InChI=1S/C20H18ClF3N4O/c21-13-4-5-14(16(9-13)20(22,23)24)11-3-6-17-15(8-11)18(28-27-17)26-19(29)12-2-1-7-25-10-12/h3-6,8-9,12,25H,1-2,7,10H2,(H2,26,27,28,29)/t12-/m1/s1. The van der Waals surface area contributed by atoms with Crippen molar-refractivity contribution in [1.29, 1.82) is 0 Å². The zero-order chi connectivity index (χ0) is 20.6. The van der Waals surface area contributed by atoms with Crippen molar-refractivity contribution in [3.8, 4) is 11.1 Å². The minimum Gasteiger partial charge on any atom is -0.316 e. The van der Waals surface area contributed by atoms with Gasteiger partial charge >= 0.3 is 6.18 Å². The molecule has 2 heterocycles. The average molecular weight is 423 g/mol. The van der Waals surface area contributed by atoms with Gasteiger partial charge in [0.15, 0.2) is 5.82 Å². The Morgan fingerprint density at radius 1 is 1.21 bits per heavy atom. The Morgan fingerprint density at radius 3 is 2.76 bits per heavy atom. The predicted molar refractivity (Wildman–Crippen MR) is 106 cm³/mol. The molecule has 4 rings (SSSR count). The summed E-state index contributed by atoms with van der Waals surface area (Å²) in [5.74, 6) is -0.00907. The maximum Gasteiger partial charge on any atom is 0.417 e. The Labute approximate surface area is 169 Å². The molecule has 0 bridgehead atoms. The molecule has 2 aromatic carbocycles. The van der Waals surface area contributed by atoms with Crippen LogP contribution in [0.1, 0.15) is 18.4 Å². The predicted octanol–water partition coefficient (Wildman–Crippen LogP) is 4.84. The van der Waals surface area contributed by atoms with Gasteiger partial charge in [0.1, 0.15) is 0 Å². The minimum atomic E-state index is -4.55. The quantitative estimate of drug-likeness (QED) is 0.565. The number of alkyl halides is 3. The van der Waals surface area contributed by atoms with Crippen molar-refractivity contribution in [2.75, 3.05) is 18.4 Å². The van der Waals surface area contributed by atoms with Crippen LogP contribution in [0.25, 0.3) is 22.0 Å². The Bertz CT molecular complexity index is 1060. The molecule has 152 valence electrons. The summed E-state index contributed by atoms with van der Waals surface area (Å²) >= 11 is 5.78. The molecule has 0 saturated carbocycles. The monoisotopic (exact) mass is 422 g/mol. The van der Waals surface area contributed by atoms with Crippen molar-refractivity contribution in [3.05, 3.63) is 47.0 Å². The summed E-state index contributed by atoms with van der Waals surface area (Å²) in [5, 5.41) is 13.5. The number of amides is 1. The van der Waals surface area contributed by atoms with Crippen LogP contribution in [0.5, 0.6) is 0 Å². The molecule has 3 N–H and O–H groups in total. The number of nitrogens with zero attached hydrogens (tertiary/aromatic N) is 1. The summed E-state index contributed by atoms with van der Waals surface area (Å²) in [6, 6.07) is 8.49.